The Kier molecular flexibility index (Phi) is 6.90. The van der Waals surface area contributed by atoms with Crippen LogP contribution in [0.2, 0.25) is 0 Å². The minimum Gasteiger partial charge on any atom is -0.494 e. The number of amides is 2. The van der Waals surface area contributed by atoms with Crippen molar-refractivity contribution in [2.75, 3.05) is 48.9 Å². The molecule has 0 radical (unpaired) electrons. The van der Waals surface area contributed by atoms with E-state index in [2.05, 4.69) is 15.5 Å². The fraction of sp³-hybridized carbons (Fsp3) is 0.579. The van der Waals surface area contributed by atoms with Gasteiger partial charge in [0.1, 0.15) is 11.4 Å². The van der Waals surface area contributed by atoms with Crippen LogP contribution in [0.1, 0.15) is 34.1 Å². The van der Waals surface area contributed by atoms with Crippen molar-refractivity contribution in [3.8, 4) is 5.75 Å². The standard InChI is InChI=1S/C19H29N3O5/c1-6-17(23)20-13-11-14(21-18(24)27-19(2,3)4)16(25-5)12-15(13)22-7-9-26-10-8-22/h11-12H,6-10H2,1-5H3,(H,20,23)(H,21,24). The van der Waals surface area contributed by atoms with Gasteiger partial charge in [0.25, 0.3) is 0 Å². The van der Waals surface area contributed by atoms with E-state index in [1.165, 1.54) is 7.11 Å². The number of anilines is 3. The Morgan fingerprint density at radius 3 is 2.37 bits per heavy atom. The average Bonchev–Trinajstić information content (AvgIpc) is 2.61. The van der Waals surface area contributed by atoms with E-state index >= 15 is 0 Å². The summed E-state index contributed by atoms with van der Waals surface area (Å²) in [5, 5.41) is 5.60. The van der Waals surface area contributed by atoms with Gasteiger partial charge in [-0.15, -0.1) is 0 Å². The molecule has 1 aliphatic rings. The van der Waals surface area contributed by atoms with Crippen molar-refractivity contribution in [2.45, 2.75) is 39.7 Å². The molecule has 0 bridgehead atoms. The normalized spacial score (nSPS) is 14.5. The highest BCUT2D eigenvalue weighted by Crippen LogP contribution is 2.37. The van der Waals surface area contributed by atoms with Crippen LogP contribution >= 0.6 is 0 Å². The fourth-order valence-electron chi connectivity index (χ4n) is 2.65. The summed E-state index contributed by atoms with van der Waals surface area (Å²) in [5.74, 6) is 0.370. The van der Waals surface area contributed by atoms with Crippen molar-refractivity contribution in [1.82, 2.24) is 0 Å². The van der Waals surface area contributed by atoms with Gasteiger partial charge in [-0.1, -0.05) is 6.92 Å². The summed E-state index contributed by atoms with van der Waals surface area (Å²) in [5.41, 5.74) is 1.24. The van der Waals surface area contributed by atoms with E-state index < -0.39 is 11.7 Å². The first-order valence-electron chi connectivity index (χ1n) is 9.08. The smallest absolute Gasteiger partial charge is 0.412 e. The van der Waals surface area contributed by atoms with Gasteiger partial charge in [-0.2, -0.15) is 0 Å². The molecule has 0 spiro atoms. The summed E-state index contributed by atoms with van der Waals surface area (Å²) >= 11 is 0. The third-order valence-corrected chi connectivity index (χ3v) is 3.90. The van der Waals surface area contributed by atoms with Crippen molar-refractivity contribution in [3.63, 3.8) is 0 Å². The van der Waals surface area contributed by atoms with Crippen LogP contribution in [-0.4, -0.2) is 51.0 Å². The number of carbonyl (C=O) groups is 2. The molecule has 0 unspecified atom stereocenters. The number of morpholine rings is 1. The van der Waals surface area contributed by atoms with Crippen LogP contribution in [-0.2, 0) is 14.3 Å². The van der Waals surface area contributed by atoms with Crippen LogP contribution < -0.4 is 20.3 Å². The van der Waals surface area contributed by atoms with E-state index in [4.69, 9.17) is 14.2 Å². The third-order valence-electron chi connectivity index (χ3n) is 3.90. The molecule has 8 heteroatoms. The van der Waals surface area contributed by atoms with Gasteiger partial charge in [0.2, 0.25) is 5.91 Å². The summed E-state index contributed by atoms with van der Waals surface area (Å²) in [4.78, 5) is 26.3. The van der Waals surface area contributed by atoms with Crippen LogP contribution in [0, 0.1) is 0 Å². The Hall–Kier alpha value is -2.48. The second-order valence-electron chi connectivity index (χ2n) is 7.20. The first-order chi connectivity index (χ1) is 12.7. The second-order valence-corrected chi connectivity index (χ2v) is 7.20. The summed E-state index contributed by atoms with van der Waals surface area (Å²) in [6.07, 6.45) is -0.239. The number of ether oxygens (including phenoxy) is 3. The van der Waals surface area contributed by atoms with E-state index in [0.717, 1.165) is 5.69 Å². The summed E-state index contributed by atoms with van der Waals surface area (Å²) in [6, 6.07) is 3.50. The molecule has 2 amide bonds. The van der Waals surface area contributed by atoms with Gasteiger partial charge in [0.05, 0.1) is 37.4 Å². The molecule has 8 nitrogen and oxygen atoms in total. The van der Waals surface area contributed by atoms with E-state index in [0.29, 0.717) is 49.8 Å². The highest BCUT2D eigenvalue weighted by Gasteiger charge is 2.22. The Morgan fingerprint density at radius 2 is 1.81 bits per heavy atom. The Balaban J connectivity index is 2.37. The number of rotatable bonds is 5. The monoisotopic (exact) mass is 379 g/mol. The quantitative estimate of drug-likeness (QED) is 0.816. The number of nitrogens with one attached hydrogen (secondary N) is 2. The predicted octanol–water partition coefficient (Wildman–Crippen LogP) is 3.23. The van der Waals surface area contributed by atoms with Crippen LogP contribution in [0.3, 0.4) is 0 Å². The van der Waals surface area contributed by atoms with Gasteiger partial charge in [-0.05, 0) is 26.8 Å². The molecule has 1 heterocycles. The van der Waals surface area contributed by atoms with E-state index in [1.54, 1.807) is 33.8 Å². The molecule has 150 valence electrons. The average molecular weight is 379 g/mol. The van der Waals surface area contributed by atoms with Gasteiger partial charge in [0, 0.05) is 25.6 Å². The lowest BCUT2D eigenvalue weighted by Gasteiger charge is -2.31. The zero-order valence-corrected chi connectivity index (χ0v) is 16.7. The Labute approximate surface area is 160 Å². The number of hydrogen-bond acceptors (Lipinski definition) is 6. The SMILES string of the molecule is CCC(=O)Nc1cc(NC(=O)OC(C)(C)C)c(OC)cc1N1CCOCC1. The highest BCUT2D eigenvalue weighted by atomic mass is 16.6. The number of nitrogens with zero attached hydrogens (tertiary/aromatic N) is 1. The molecular formula is C19H29N3O5. The number of carbonyl (C=O) groups excluding carboxylic acids is 2. The predicted molar refractivity (Wildman–Crippen MR) is 105 cm³/mol. The maximum absolute atomic E-state index is 12.2. The van der Waals surface area contributed by atoms with Crippen molar-refractivity contribution >= 4 is 29.1 Å². The van der Waals surface area contributed by atoms with Crippen molar-refractivity contribution in [1.29, 1.82) is 0 Å². The number of methoxy groups -OCH3 is 1. The second kappa shape index (κ2) is 8.94. The molecule has 1 aromatic rings. The van der Waals surface area contributed by atoms with Crippen LogP contribution in [0.15, 0.2) is 12.1 Å². The third kappa shape index (κ3) is 6.02. The molecule has 0 aliphatic carbocycles. The molecule has 1 fully saturated rings. The van der Waals surface area contributed by atoms with Crippen molar-refractivity contribution < 1.29 is 23.8 Å². The van der Waals surface area contributed by atoms with Gasteiger partial charge in [0.15, 0.2) is 0 Å². The lowest BCUT2D eigenvalue weighted by molar-refractivity contribution is -0.115. The molecule has 2 N–H and O–H groups in total. The number of hydrogen-bond donors (Lipinski definition) is 2. The molecule has 27 heavy (non-hydrogen) atoms. The van der Waals surface area contributed by atoms with E-state index in [9.17, 15) is 9.59 Å². The van der Waals surface area contributed by atoms with Gasteiger partial charge >= 0.3 is 6.09 Å². The lowest BCUT2D eigenvalue weighted by atomic mass is 10.1. The summed E-state index contributed by atoms with van der Waals surface area (Å²) < 4.78 is 16.2. The maximum atomic E-state index is 12.2. The van der Waals surface area contributed by atoms with Crippen LogP contribution in [0.25, 0.3) is 0 Å². The molecule has 1 aromatic carbocycles. The van der Waals surface area contributed by atoms with Crippen molar-refractivity contribution in [2.24, 2.45) is 0 Å². The number of benzene rings is 1. The Morgan fingerprint density at radius 1 is 1.15 bits per heavy atom. The molecular weight excluding hydrogens is 350 g/mol. The molecule has 1 aliphatic heterocycles. The molecule has 2 rings (SSSR count). The maximum Gasteiger partial charge on any atom is 0.412 e. The zero-order valence-electron chi connectivity index (χ0n) is 16.7. The van der Waals surface area contributed by atoms with Gasteiger partial charge in [-0.3, -0.25) is 10.1 Å². The minimum absolute atomic E-state index is 0.113. The van der Waals surface area contributed by atoms with Gasteiger partial charge < -0.3 is 24.4 Å². The fourth-order valence-corrected chi connectivity index (χ4v) is 2.65. The van der Waals surface area contributed by atoms with Crippen molar-refractivity contribution in [3.05, 3.63) is 12.1 Å². The molecule has 0 aromatic heterocycles. The van der Waals surface area contributed by atoms with E-state index in [-0.39, 0.29) is 5.91 Å². The largest absolute Gasteiger partial charge is 0.494 e. The topological polar surface area (TPSA) is 89.1 Å². The summed E-state index contributed by atoms with van der Waals surface area (Å²) in [6.45, 7) is 9.79. The van der Waals surface area contributed by atoms with Gasteiger partial charge in [-0.25, -0.2) is 4.79 Å². The lowest BCUT2D eigenvalue weighted by Crippen LogP contribution is -2.37. The summed E-state index contributed by atoms with van der Waals surface area (Å²) in [7, 11) is 1.53. The van der Waals surface area contributed by atoms with Crippen LogP contribution in [0.4, 0.5) is 21.9 Å². The first kappa shape index (κ1) is 20.8. The highest BCUT2D eigenvalue weighted by molar-refractivity contribution is 5.97. The van der Waals surface area contributed by atoms with E-state index in [1.807, 2.05) is 6.07 Å². The van der Waals surface area contributed by atoms with Crippen LogP contribution in [0.5, 0.6) is 5.75 Å². The molecule has 0 saturated carbocycles. The zero-order chi connectivity index (χ0) is 20.0. The Bertz CT molecular complexity index is 679. The first-order valence-corrected chi connectivity index (χ1v) is 9.08. The minimum atomic E-state index is -0.621. The molecule has 0 atom stereocenters. The molecule has 1 saturated heterocycles.